The van der Waals surface area contributed by atoms with Gasteiger partial charge in [-0.3, -0.25) is 9.36 Å². The van der Waals surface area contributed by atoms with Gasteiger partial charge >= 0.3 is 0 Å². The Morgan fingerprint density at radius 3 is 2.74 bits per heavy atom. The number of hydrogen-bond acceptors (Lipinski definition) is 6. The second kappa shape index (κ2) is 9.76. The number of fused-ring (bicyclic) bond motifs is 3. The number of aromatic nitrogens is 2. The molecule has 5 nitrogen and oxygen atoms in total. The maximum atomic E-state index is 13.8. The fraction of sp³-hybridized carbons (Fsp3) is 0.500. The fourth-order valence-electron chi connectivity index (χ4n) is 3.91. The first-order chi connectivity index (χ1) is 15.0. The second-order valence-electron chi connectivity index (χ2n) is 8.27. The minimum absolute atomic E-state index is 0.0232. The zero-order chi connectivity index (χ0) is 22.0. The van der Waals surface area contributed by atoms with Crippen molar-refractivity contribution in [1.82, 2.24) is 9.55 Å². The normalized spacial score (nSPS) is 16.1. The number of nitrogens with zero attached hydrogens (tertiary/aromatic N) is 2. The van der Waals surface area contributed by atoms with E-state index in [9.17, 15) is 4.79 Å². The minimum atomic E-state index is 0.0232. The third-order valence-corrected chi connectivity index (χ3v) is 7.89. The lowest BCUT2D eigenvalue weighted by Gasteiger charge is -2.26. The van der Waals surface area contributed by atoms with Gasteiger partial charge in [-0.25, -0.2) is 4.98 Å². The highest BCUT2D eigenvalue weighted by atomic mass is 32.2. The summed E-state index contributed by atoms with van der Waals surface area (Å²) in [6.45, 7) is 7.11. The topological polar surface area (TPSA) is 53.4 Å². The smallest absolute Gasteiger partial charge is 0.267 e. The first-order valence-corrected chi connectivity index (χ1v) is 12.8. The van der Waals surface area contributed by atoms with Gasteiger partial charge in [-0.1, -0.05) is 45.4 Å². The van der Waals surface area contributed by atoms with Crippen LogP contribution < -0.4 is 10.3 Å². The number of hydrogen-bond donors (Lipinski definition) is 0. The molecule has 4 rings (SSSR count). The van der Waals surface area contributed by atoms with Crippen LogP contribution in [0.4, 0.5) is 0 Å². The van der Waals surface area contributed by atoms with E-state index in [2.05, 4.69) is 20.8 Å². The Bertz CT molecular complexity index is 1100. The van der Waals surface area contributed by atoms with Crippen LogP contribution in [0.25, 0.3) is 15.9 Å². The molecule has 0 amide bonds. The van der Waals surface area contributed by atoms with Crippen molar-refractivity contribution >= 4 is 33.3 Å². The summed E-state index contributed by atoms with van der Waals surface area (Å²) < 4.78 is 13.1. The number of thioether (sulfide) groups is 1. The van der Waals surface area contributed by atoms with Crippen molar-refractivity contribution < 1.29 is 9.47 Å². The molecule has 0 spiro atoms. The number of methoxy groups -OCH3 is 1. The zero-order valence-corrected chi connectivity index (χ0v) is 20.3. The lowest BCUT2D eigenvalue weighted by molar-refractivity contribution is 0.00200. The van der Waals surface area contributed by atoms with Crippen molar-refractivity contribution in [2.45, 2.75) is 64.3 Å². The third kappa shape index (κ3) is 4.54. The van der Waals surface area contributed by atoms with Gasteiger partial charge < -0.3 is 9.47 Å². The summed E-state index contributed by atoms with van der Waals surface area (Å²) in [5.74, 6) is 2.13. The van der Waals surface area contributed by atoms with Crippen LogP contribution in [0, 0.1) is 5.92 Å². The highest BCUT2D eigenvalue weighted by Gasteiger charge is 2.28. The van der Waals surface area contributed by atoms with Gasteiger partial charge in [-0.2, -0.15) is 0 Å². The molecule has 0 radical (unpaired) electrons. The molecular weight excluding hydrogens is 428 g/mol. The number of unbranched alkanes of at least 4 members (excludes halogenated alkanes) is 2. The van der Waals surface area contributed by atoms with E-state index in [1.165, 1.54) is 12.8 Å². The highest BCUT2D eigenvalue weighted by molar-refractivity contribution is 7.99. The molecule has 0 bridgehead atoms. The van der Waals surface area contributed by atoms with Gasteiger partial charge in [0.15, 0.2) is 5.16 Å². The van der Waals surface area contributed by atoms with Crippen LogP contribution in [0.1, 0.15) is 50.5 Å². The second-order valence-corrected chi connectivity index (χ2v) is 10.4. The van der Waals surface area contributed by atoms with Gasteiger partial charge in [0.25, 0.3) is 5.56 Å². The van der Waals surface area contributed by atoms with Gasteiger partial charge in [-0.05, 0) is 42.2 Å². The van der Waals surface area contributed by atoms with Crippen molar-refractivity contribution in [2.75, 3.05) is 12.9 Å². The molecule has 166 valence electrons. The van der Waals surface area contributed by atoms with Crippen LogP contribution in [0.3, 0.4) is 0 Å². The van der Waals surface area contributed by atoms with Crippen LogP contribution >= 0.6 is 23.1 Å². The van der Waals surface area contributed by atoms with Crippen molar-refractivity contribution in [3.8, 4) is 11.4 Å². The monoisotopic (exact) mass is 458 g/mol. The number of benzene rings is 1. The molecule has 3 aromatic rings. The molecule has 31 heavy (non-hydrogen) atoms. The van der Waals surface area contributed by atoms with Crippen LogP contribution in [0.15, 0.2) is 34.2 Å². The van der Waals surface area contributed by atoms with Gasteiger partial charge in [0.05, 0.1) is 30.9 Å². The van der Waals surface area contributed by atoms with Gasteiger partial charge in [0, 0.05) is 17.1 Å². The summed E-state index contributed by atoms with van der Waals surface area (Å²) >= 11 is 3.28. The summed E-state index contributed by atoms with van der Waals surface area (Å²) in [6.07, 6.45) is 4.39. The van der Waals surface area contributed by atoms with E-state index in [-0.39, 0.29) is 11.7 Å². The summed E-state index contributed by atoms with van der Waals surface area (Å²) in [5, 5.41) is 1.53. The highest BCUT2D eigenvalue weighted by Crippen LogP contribution is 2.36. The molecule has 0 aliphatic carbocycles. The third-order valence-electron chi connectivity index (χ3n) is 5.76. The maximum absolute atomic E-state index is 13.8. The van der Waals surface area contributed by atoms with E-state index >= 15 is 0 Å². The predicted octanol–water partition coefficient (Wildman–Crippen LogP) is 5.84. The van der Waals surface area contributed by atoms with Crippen molar-refractivity contribution in [2.24, 2.45) is 5.92 Å². The molecule has 7 heteroatoms. The van der Waals surface area contributed by atoms with Gasteiger partial charge in [0.1, 0.15) is 10.6 Å². The Morgan fingerprint density at radius 2 is 2.06 bits per heavy atom. The van der Waals surface area contributed by atoms with E-state index in [1.54, 1.807) is 34.8 Å². The van der Waals surface area contributed by atoms with E-state index in [0.29, 0.717) is 12.5 Å². The van der Waals surface area contributed by atoms with E-state index < -0.39 is 0 Å². The molecule has 1 aliphatic heterocycles. The standard InChI is InChI=1S/C24H30N2O3S2/c1-5-6-7-12-30-24-25-22-21(18-13-19(15(2)3)29-14-20(18)31-22)23(27)26(24)16-8-10-17(28-4)11-9-16/h8-11,15,19H,5-7,12-14H2,1-4H3. The molecule has 1 unspecified atom stereocenters. The summed E-state index contributed by atoms with van der Waals surface area (Å²) in [6, 6.07) is 7.65. The molecule has 1 aromatic carbocycles. The van der Waals surface area contributed by atoms with Crippen molar-refractivity contribution in [3.63, 3.8) is 0 Å². The molecule has 3 heterocycles. The molecule has 0 N–H and O–H groups in total. The number of thiophene rings is 1. The Balaban J connectivity index is 1.84. The lowest BCUT2D eigenvalue weighted by Crippen LogP contribution is -2.28. The van der Waals surface area contributed by atoms with E-state index in [1.807, 2.05) is 24.3 Å². The molecule has 1 aliphatic rings. The van der Waals surface area contributed by atoms with Crippen LogP contribution in [-0.2, 0) is 17.8 Å². The predicted molar refractivity (Wildman–Crippen MR) is 129 cm³/mol. The Kier molecular flexibility index (Phi) is 7.04. The average Bonchev–Trinajstić information content (AvgIpc) is 3.14. The van der Waals surface area contributed by atoms with Crippen LogP contribution in [0.5, 0.6) is 5.75 Å². The van der Waals surface area contributed by atoms with E-state index in [0.717, 1.165) is 55.8 Å². The van der Waals surface area contributed by atoms with Gasteiger partial charge in [-0.15, -0.1) is 11.3 Å². The molecule has 2 aromatic heterocycles. The van der Waals surface area contributed by atoms with Crippen LogP contribution in [0.2, 0.25) is 0 Å². The van der Waals surface area contributed by atoms with Crippen LogP contribution in [-0.4, -0.2) is 28.5 Å². The fourth-order valence-corrected chi connectivity index (χ4v) is 6.08. The summed E-state index contributed by atoms with van der Waals surface area (Å²) in [5.41, 5.74) is 1.98. The Labute approximate surface area is 191 Å². The summed E-state index contributed by atoms with van der Waals surface area (Å²) in [7, 11) is 1.65. The van der Waals surface area contributed by atoms with E-state index in [4.69, 9.17) is 14.5 Å². The average molecular weight is 459 g/mol. The molecule has 1 atom stereocenters. The number of ether oxygens (including phenoxy) is 2. The Hall–Kier alpha value is -1.83. The zero-order valence-electron chi connectivity index (χ0n) is 18.6. The molecule has 0 fully saturated rings. The SMILES string of the molecule is CCCCCSc1nc2sc3c(c2c(=O)n1-c1ccc(OC)cc1)CC(C(C)C)OC3. The van der Waals surface area contributed by atoms with Gasteiger partial charge in [0.2, 0.25) is 0 Å². The molecular formula is C24H30N2O3S2. The van der Waals surface area contributed by atoms with Crippen molar-refractivity contribution in [1.29, 1.82) is 0 Å². The lowest BCUT2D eigenvalue weighted by atomic mass is 9.96. The maximum Gasteiger partial charge on any atom is 0.267 e. The number of rotatable bonds is 8. The minimum Gasteiger partial charge on any atom is -0.497 e. The molecule has 0 saturated carbocycles. The Morgan fingerprint density at radius 1 is 1.29 bits per heavy atom. The van der Waals surface area contributed by atoms with Crippen molar-refractivity contribution in [3.05, 3.63) is 45.1 Å². The first kappa shape index (κ1) is 22.4. The summed E-state index contributed by atoms with van der Waals surface area (Å²) in [4.78, 5) is 20.8. The first-order valence-electron chi connectivity index (χ1n) is 11.0. The molecule has 0 saturated heterocycles. The largest absolute Gasteiger partial charge is 0.497 e. The quantitative estimate of drug-likeness (QED) is 0.241.